The first-order chi connectivity index (χ1) is 9.11. The third kappa shape index (κ3) is 2.76. The Morgan fingerprint density at radius 2 is 1.84 bits per heavy atom. The number of rotatable bonds is 3. The lowest BCUT2D eigenvalue weighted by Crippen LogP contribution is -2.00. The number of hydrogen-bond acceptors (Lipinski definition) is 3. The number of non-ortho nitro benzene ring substituents is 1. The van der Waals surface area contributed by atoms with Crippen LogP contribution in [0.4, 0.5) is 11.4 Å². The summed E-state index contributed by atoms with van der Waals surface area (Å²) in [7, 11) is 0. The van der Waals surface area contributed by atoms with E-state index in [9.17, 15) is 15.2 Å². The molecule has 19 heavy (non-hydrogen) atoms. The fraction of sp³-hybridized carbons (Fsp3) is 0.0714. The highest BCUT2D eigenvalue weighted by molar-refractivity contribution is 5.47. The Morgan fingerprint density at radius 1 is 1.16 bits per heavy atom. The average Bonchev–Trinajstić information content (AvgIpc) is 2.46. The second kappa shape index (κ2) is 5.29. The van der Waals surface area contributed by atoms with E-state index in [-0.39, 0.29) is 5.69 Å². The Kier molecular flexibility index (Phi) is 3.55. The van der Waals surface area contributed by atoms with E-state index in [2.05, 4.69) is 4.85 Å². The van der Waals surface area contributed by atoms with Crippen molar-refractivity contribution >= 4 is 11.4 Å². The summed E-state index contributed by atoms with van der Waals surface area (Å²) in [6.45, 7) is 6.85. The summed E-state index contributed by atoms with van der Waals surface area (Å²) in [6.07, 6.45) is -0.945. The second-order valence-electron chi connectivity index (χ2n) is 3.96. The van der Waals surface area contributed by atoms with E-state index in [1.165, 1.54) is 18.2 Å². The highest BCUT2D eigenvalue weighted by Gasteiger charge is 2.14. The van der Waals surface area contributed by atoms with Crippen LogP contribution in [0.25, 0.3) is 4.85 Å². The van der Waals surface area contributed by atoms with Gasteiger partial charge in [0.1, 0.15) is 6.10 Å². The largest absolute Gasteiger partial charge is 0.384 e. The van der Waals surface area contributed by atoms with E-state index >= 15 is 0 Å². The minimum Gasteiger partial charge on any atom is -0.384 e. The molecule has 2 rings (SSSR count). The maximum absolute atomic E-state index is 10.7. The summed E-state index contributed by atoms with van der Waals surface area (Å²) < 4.78 is 0. The molecular formula is C14H10N2O3. The van der Waals surface area contributed by atoms with Gasteiger partial charge >= 0.3 is 0 Å². The Morgan fingerprint density at radius 3 is 2.42 bits per heavy atom. The maximum Gasteiger partial charge on any atom is 0.269 e. The molecule has 0 aromatic heterocycles. The Balaban J connectivity index is 2.32. The van der Waals surface area contributed by atoms with E-state index in [0.717, 1.165) is 0 Å². The molecule has 0 amide bonds. The molecule has 5 heteroatoms. The van der Waals surface area contributed by atoms with Crippen molar-refractivity contribution in [1.29, 1.82) is 0 Å². The van der Waals surface area contributed by atoms with Crippen molar-refractivity contribution in [2.24, 2.45) is 0 Å². The normalized spacial score (nSPS) is 11.6. The predicted octanol–water partition coefficient (Wildman–Crippen LogP) is 3.23. The van der Waals surface area contributed by atoms with Crippen LogP contribution in [0, 0.1) is 16.7 Å². The molecule has 0 bridgehead atoms. The van der Waals surface area contributed by atoms with Crippen molar-refractivity contribution in [2.75, 3.05) is 0 Å². The molecule has 2 aromatic carbocycles. The van der Waals surface area contributed by atoms with Crippen LogP contribution >= 0.6 is 0 Å². The summed E-state index contributed by atoms with van der Waals surface area (Å²) in [5, 5.41) is 20.8. The van der Waals surface area contributed by atoms with Crippen LogP contribution in [0.3, 0.4) is 0 Å². The first-order valence-corrected chi connectivity index (χ1v) is 5.51. The molecule has 1 unspecified atom stereocenters. The number of aliphatic hydroxyl groups excluding tert-OH is 1. The molecule has 0 radical (unpaired) electrons. The van der Waals surface area contributed by atoms with Crippen molar-refractivity contribution in [3.8, 4) is 0 Å². The van der Waals surface area contributed by atoms with Crippen molar-refractivity contribution in [3.05, 3.63) is 81.2 Å². The summed E-state index contributed by atoms with van der Waals surface area (Å²) in [5.74, 6) is 0. The quantitative estimate of drug-likeness (QED) is 0.519. The van der Waals surface area contributed by atoms with Gasteiger partial charge in [0.15, 0.2) is 5.69 Å². The number of nitro groups is 1. The molecule has 0 heterocycles. The summed E-state index contributed by atoms with van der Waals surface area (Å²) >= 11 is 0. The molecule has 0 spiro atoms. The van der Waals surface area contributed by atoms with Gasteiger partial charge in [-0.1, -0.05) is 36.4 Å². The van der Waals surface area contributed by atoms with Gasteiger partial charge in [0, 0.05) is 12.1 Å². The molecule has 1 atom stereocenters. The van der Waals surface area contributed by atoms with Gasteiger partial charge in [-0.15, -0.1) is 0 Å². The molecule has 5 nitrogen and oxygen atoms in total. The zero-order valence-electron chi connectivity index (χ0n) is 9.85. The minimum atomic E-state index is -0.945. The molecule has 2 aromatic rings. The first kappa shape index (κ1) is 12.7. The van der Waals surface area contributed by atoms with Crippen molar-refractivity contribution < 1.29 is 10.0 Å². The molecule has 1 N–H and O–H groups in total. The highest BCUT2D eigenvalue weighted by atomic mass is 16.6. The fourth-order valence-corrected chi connectivity index (χ4v) is 1.73. The molecule has 0 aliphatic heterocycles. The van der Waals surface area contributed by atoms with E-state index < -0.39 is 11.0 Å². The molecule has 0 saturated heterocycles. The lowest BCUT2D eigenvalue weighted by atomic mass is 10.0. The van der Waals surface area contributed by atoms with Crippen LogP contribution in [0.2, 0.25) is 0 Å². The average molecular weight is 254 g/mol. The second-order valence-corrected chi connectivity index (χ2v) is 3.96. The van der Waals surface area contributed by atoms with Crippen LogP contribution in [-0.2, 0) is 0 Å². The molecule has 94 valence electrons. The third-order valence-electron chi connectivity index (χ3n) is 2.73. The number of hydrogen-bond donors (Lipinski definition) is 1. The first-order valence-electron chi connectivity index (χ1n) is 5.51. The molecule has 0 saturated carbocycles. The van der Waals surface area contributed by atoms with Crippen LogP contribution in [-0.4, -0.2) is 10.0 Å². The molecule has 0 fully saturated rings. The zero-order chi connectivity index (χ0) is 13.8. The van der Waals surface area contributed by atoms with Crippen LogP contribution in [0.15, 0.2) is 48.5 Å². The van der Waals surface area contributed by atoms with E-state index in [1.54, 1.807) is 30.3 Å². The van der Waals surface area contributed by atoms with Gasteiger partial charge in [-0.2, -0.15) is 0 Å². The lowest BCUT2D eigenvalue weighted by molar-refractivity contribution is -0.385. The monoisotopic (exact) mass is 254 g/mol. The summed E-state index contributed by atoms with van der Waals surface area (Å²) in [5.41, 5.74) is 1.46. The van der Waals surface area contributed by atoms with E-state index in [1.807, 2.05) is 0 Å². The van der Waals surface area contributed by atoms with Crippen molar-refractivity contribution in [3.63, 3.8) is 0 Å². The van der Waals surface area contributed by atoms with Crippen LogP contribution < -0.4 is 0 Å². The topological polar surface area (TPSA) is 67.7 Å². The highest BCUT2D eigenvalue weighted by Crippen LogP contribution is 2.26. The number of benzene rings is 2. The lowest BCUT2D eigenvalue weighted by Gasteiger charge is -2.11. The molecule has 0 aliphatic carbocycles. The third-order valence-corrected chi connectivity index (χ3v) is 2.73. The Labute approximate surface area is 109 Å². The van der Waals surface area contributed by atoms with Crippen molar-refractivity contribution in [2.45, 2.75) is 6.10 Å². The Bertz CT molecular complexity index is 644. The van der Waals surface area contributed by atoms with Crippen LogP contribution in [0.5, 0.6) is 0 Å². The maximum atomic E-state index is 10.7. The van der Waals surface area contributed by atoms with Gasteiger partial charge in [0.05, 0.1) is 11.5 Å². The van der Waals surface area contributed by atoms with E-state index in [0.29, 0.717) is 16.8 Å². The van der Waals surface area contributed by atoms with E-state index in [4.69, 9.17) is 6.57 Å². The van der Waals surface area contributed by atoms with Crippen LogP contribution in [0.1, 0.15) is 17.2 Å². The number of nitrogens with zero attached hydrogens (tertiary/aromatic N) is 2. The predicted molar refractivity (Wildman–Crippen MR) is 69.9 cm³/mol. The standard InChI is InChI=1S/C14H10N2O3/c1-15-12-7-5-10(6-8-12)14(17)11-3-2-4-13(9-11)16(18)19/h2-9,14,17H. The SMILES string of the molecule is [C-]#[N+]c1ccc(C(O)c2cccc([N+](=O)[O-])c2)cc1. The van der Waals surface area contributed by atoms with Gasteiger partial charge in [0.2, 0.25) is 0 Å². The minimum absolute atomic E-state index is 0.0608. The molecular weight excluding hydrogens is 244 g/mol. The fourth-order valence-electron chi connectivity index (χ4n) is 1.73. The summed E-state index contributed by atoms with van der Waals surface area (Å²) in [6, 6.07) is 12.3. The van der Waals surface area contributed by atoms with Gasteiger partial charge in [0.25, 0.3) is 5.69 Å². The number of aliphatic hydroxyl groups is 1. The van der Waals surface area contributed by atoms with Gasteiger partial charge < -0.3 is 5.11 Å². The Hall–Kier alpha value is -2.71. The van der Waals surface area contributed by atoms with Crippen molar-refractivity contribution in [1.82, 2.24) is 0 Å². The summed E-state index contributed by atoms with van der Waals surface area (Å²) in [4.78, 5) is 13.4. The zero-order valence-corrected chi connectivity index (χ0v) is 9.85. The van der Waals surface area contributed by atoms with Gasteiger partial charge in [-0.25, -0.2) is 4.85 Å². The number of nitro benzene ring substituents is 1. The molecule has 0 aliphatic rings. The van der Waals surface area contributed by atoms with Gasteiger partial charge in [-0.05, 0) is 11.1 Å². The van der Waals surface area contributed by atoms with Gasteiger partial charge in [-0.3, -0.25) is 10.1 Å². The smallest absolute Gasteiger partial charge is 0.269 e.